The van der Waals surface area contributed by atoms with E-state index in [1.54, 1.807) is 0 Å². The van der Waals surface area contributed by atoms with Crippen LogP contribution in [0.2, 0.25) is 5.02 Å². The minimum atomic E-state index is -3.97. The average Bonchev–Trinajstić information content (AvgIpc) is 2.63. The third kappa shape index (κ3) is 4.18. The van der Waals surface area contributed by atoms with Gasteiger partial charge in [-0.1, -0.05) is 30.5 Å². The van der Waals surface area contributed by atoms with Crippen LogP contribution in [0, 0.1) is 5.92 Å². The third-order valence-electron chi connectivity index (χ3n) is 4.72. The number of aliphatic imine (C=N–C) groups is 1. The number of halogens is 1. The Hall–Kier alpha value is -2.43. The highest BCUT2D eigenvalue weighted by molar-refractivity contribution is 7.89. The molecule has 0 radical (unpaired) electrons. The standard InChI is InChI=1S/C17H20ClN5O4S/c18-13-8-21-15(22-17(19)20)12-7-9(5-6-10(12)13)28(26,27)23-14-4-2-1-3-11(14)16(24)25/h5-8,11,14,23H,1-4H2,(H,24,25)(H4,19,20,21,22). The highest BCUT2D eigenvalue weighted by Crippen LogP contribution is 2.32. The molecule has 3 rings (SSSR count). The fourth-order valence-corrected chi connectivity index (χ4v) is 4.94. The van der Waals surface area contributed by atoms with Crippen molar-refractivity contribution in [3.8, 4) is 0 Å². The monoisotopic (exact) mass is 425 g/mol. The number of sulfonamides is 1. The van der Waals surface area contributed by atoms with E-state index in [1.807, 2.05) is 0 Å². The summed E-state index contributed by atoms with van der Waals surface area (Å²) in [6, 6.07) is 3.64. The van der Waals surface area contributed by atoms with E-state index in [-0.39, 0.29) is 16.7 Å². The summed E-state index contributed by atoms with van der Waals surface area (Å²) in [6.07, 6.45) is 3.81. The van der Waals surface area contributed by atoms with Crippen molar-refractivity contribution >= 4 is 50.1 Å². The Balaban J connectivity index is 2.02. The summed E-state index contributed by atoms with van der Waals surface area (Å²) in [5.41, 5.74) is 10.8. The zero-order chi connectivity index (χ0) is 20.5. The molecule has 0 spiro atoms. The van der Waals surface area contributed by atoms with Gasteiger partial charge in [0.2, 0.25) is 10.0 Å². The maximum Gasteiger partial charge on any atom is 0.308 e. The van der Waals surface area contributed by atoms with Crippen molar-refractivity contribution in [3.63, 3.8) is 0 Å². The summed E-state index contributed by atoms with van der Waals surface area (Å²) >= 11 is 6.14. The molecular formula is C17H20ClN5O4S. The van der Waals surface area contributed by atoms with Gasteiger partial charge in [-0.3, -0.25) is 4.79 Å². The van der Waals surface area contributed by atoms with Crippen LogP contribution >= 0.6 is 11.6 Å². The topological polar surface area (TPSA) is 161 Å². The second kappa shape index (κ2) is 7.90. The van der Waals surface area contributed by atoms with E-state index in [4.69, 9.17) is 23.1 Å². The van der Waals surface area contributed by atoms with Crippen LogP contribution in [0.3, 0.4) is 0 Å². The predicted molar refractivity (Wildman–Crippen MR) is 106 cm³/mol. The summed E-state index contributed by atoms with van der Waals surface area (Å²) in [5, 5.41) is 10.6. The smallest absolute Gasteiger partial charge is 0.308 e. The Bertz CT molecular complexity index is 1050. The molecule has 2 aromatic rings. The number of pyridine rings is 1. The van der Waals surface area contributed by atoms with Gasteiger partial charge in [0.25, 0.3) is 0 Å². The predicted octanol–water partition coefficient (Wildman–Crippen LogP) is 1.71. The number of guanidine groups is 1. The van der Waals surface area contributed by atoms with E-state index in [2.05, 4.69) is 14.7 Å². The van der Waals surface area contributed by atoms with E-state index in [0.29, 0.717) is 28.6 Å². The zero-order valence-corrected chi connectivity index (χ0v) is 16.4. The van der Waals surface area contributed by atoms with Gasteiger partial charge in [-0.2, -0.15) is 4.99 Å². The number of nitrogens with two attached hydrogens (primary N) is 2. The first-order chi connectivity index (χ1) is 13.2. The quantitative estimate of drug-likeness (QED) is 0.418. The molecule has 6 N–H and O–H groups in total. The van der Waals surface area contributed by atoms with Gasteiger partial charge in [-0.15, -0.1) is 0 Å². The molecule has 11 heteroatoms. The van der Waals surface area contributed by atoms with Crippen molar-refractivity contribution in [2.24, 2.45) is 22.4 Å². The summed E-state index contributed by atoms with van der Waals surface area (Å²) < 4.78 is 28.3. The molecule has 9 nitrogen and oxygen atoms in total. The second-order valence-electron chi connectivity index (χ2n) is 6.63. The number of carbonyl (C=O) groups is 1. The van der Waals surface area contributed by atoms with E-state index in [1.165, 1.54) is 24.4 Å². The number of rotatable bonds is 5. The van der Waals surface area contributed by atoms with Crippen molar-refractivity contribution < 1.29 is 18.3 Å². The summed E-state index contributed by atoms with van der Waals surface area (Å²) in [6.45, 7) is 0. The number of nitrogens with zero attached hydrogens (tertiary/aromatic N) is 2. The second-order valence-corrected chi connectivity index (χ2v) is 8.75. The molecule has 1 heterocycles. The van der Waals surface area contributed by atoms with E-state index in [0.717, 1.165) is 12.8 Å². The molecule has 2 unspecified atom stereocenters. The number of benzene rings is 1. The van der Waals surface area contributed by atoms with Gasteiger partial charge in [0.1, 0.15) is 0 Å². The summed E-state index contributed by atoms with van der Waals surface area (Å²) in [7, 11) is -3.97. The Kier molecular flexibility index (Phi) is 5.73. The lowest BCUT2D eigenvalue weighted by atomic mass is 9.85. The van der Waals surface area contributed by atoms with Gasteiger partial charge in [0.15, 0.2) is 11.8 Å². The maximum atomic E-state index is 12.9. The van der Waals surface area contributed by atoms with Gasteiger partial charge in [0, 0.05) is 23.0 Å². The van der Waals surface area contributed by atoms with Gasteiger partial charge in [-0.05, 0) is 25.0 Å². The SMILES string of the molecule is NC(N)=Nc1ncc(Cl)c2ccc(S(=O)(=O)NC3CCCCC3C(=O)O)cc12. The molecule has 0 aliphatic heterocycles. The molecule has 1 aliphatic carbocycles. The van der Waals surface area contributed by atoms with Crippen molar-refractivity contribution in [1.29, 1.82) is 0 Å². The Labute approximate surface area is 166 Å². The minimum absolute atomic E-state index is 0.0502. The Morgan fingerprint density at radius 2 is 1.96 bits per heavy atom. The van der Waals surface area contributed by atoms with Crippen molar-refractivity contribution in [2.75, 3.05) is 0 Å². The van der Waals surface area contributed by atoms with Crippen molar-refractivity contribution in [2.45, 2.75) is 36.6 Å². The van der Waals surface area contributed by atoms with Crippen molar-refractivity contribution in [3.05, 3.63) is 29.4 Å². The molecule has 1 aromatic heterocycles. The van der Waals surface area contributed by atoms with Crippen LogP contribution in [0.5, 0.6) is 0 Å². The van der Waals surface area contributed by atoms with Gasteiger partial charge >= 0.3 is 5.97 Å². The minimum Gasteiger partial charge on any atom is -0.481 e. The van der Waals surface area contributed by atoms with Crippen LogP contribution in [-0.4, -0.2) is 36.5 Å². The number of aliphatic carboxylic acids is 1. The molecule has 0 bridgehead atoms. The molecule has 1 aliphatic rings. The first-order valence-corrected chi connectivity index (χ1v) is 10.5. The Morgan fingerprint density at radius 1 is 1.25 bits per heavy atom. The molecule has 1 saturated carbocycles. The first-order valence-electron chi connectivity index (χ1n) is 8.62. The molecule has 28 heavy (non-hydrogen) atoms. The number of hydrogen-bond acceptors (Lipinski definition) is 5. The number of hydrogen-bond donors (Lipinski definition) is 4. The van der Waals surface area contributed by atoms with Gasteiger partial charge in [-0.25, -0.2) is 18.1 Å². The number of aromatic nitrogens is 1. The van der Waals surface area contributed by atoms with E-state index in [9.17, 15) is 18.3 Å². The van der Waals surface area contributed by atoms with Crippen LogP contribution in [-0.2, 0) is 14.8 Å². The summed E-state index contributed by atoms with van der Waals surface area (Å²) in [5.74, 6) is -1.85. The molecule has 1 fully saturated rings. The number of fused-ring (bicyclic) bond motifs is 1. The van der Waals surface area contributed by atoms with Crippen LogP contribution in [0.1, 0.15) is 25.7 Å². The lowest BCUT2D eigenvalue weighted by Gasteiger charge is -2.29. The van der Waals surface area contributed by atoms with Gasteiger partial charge in [0.05, 0.1) is 15.8 Å². The largest absolute Gasteiger partial charge is 0.481 e. The molecule has 2 atom stereocenters. The number of carboxylic acids is 1. The highest BCUT2D eigenvalue weighted by atomic mass is 35.5. The normalized spacial score (nSPS) is 20.0. The lowest BCUT2D eigenvalue weighted by molar-refractivity contribution is -0.143. The summed E-state index contributed by atoms with van der Waals surface area (Å²) in [4.78, 5) is 19.4. The van der Waals surface area contributed by atoms with E-state index >= 15 is 0 Å². The lowest BCUT2D eigenvalue weighted by Crippen LogP contribution is -2.44. The molecule has 0 saturated heterocycles. The molecule has 1 aromatic carbocycles. The van der Waals surface area contributed by atoms with Crippen molar-refractivity contribution in [1.82, 2.24) is 9.71 Å². The molecule has 150 valence electrons. The highest BCUT2D eigenvalue weighted by Gasteiger charge is 2.34. The maximum absolute atomic E-state index is 12.9. The van der Waals surface area contributed by atoms with Gasteiger partial charge < -0.3 is 16.6 Å². The molecule has 0 amide bonds. The number of carboxylic acid groups (broad SMARTS) is 1. The Morgan fingerprint density at radius 3 is 2.64 bits per heavy atom. The fourth-order valence-electron chi connectivity index (χ4n) is 3.39. The van der Waals surface area contributed by atoms with Crippen LogP contribution in [0.4, 0.5) is 5.82 Å². The van der Waals surface area contributed by atoms with Crippen LogP contribution in [0.25, 0.3) is 10.8 Å². The van der Waals surface area contributed by atoms with Crippen LogP contribution in [0.15, 0.2) is 34.3 Å². The first kappa shape index (κ1) is 20.3. The van der Waals surface area contributed by atoms with Crippen LogP contribution < -0.4 is 16.2 Å². The fraction of sp³-hybridized carbons (Fsp3) is 0.353. The third-order valence-corrected chi connectivity index (χ3v) is 6.51. The molecular weight excluding hydrogens is 406 g/mol. The zero-order valence-electron chi connectivity index (χ0n) is 14.8. The number of nitrogens with one attached hydrogen (secondary N) is 1. The average molecular weight is 426 g/mol. The van der Waals surface area contributed by atoms with E-state index < -0.39 is 28.0 Å².